The molecule has 1 fully saturated rings. The monoisotopic (exact) mass is 285 g/mol. The van der Waals surface area contributed by atoms with E-state index in [9.17, 15) is 14.4 Å². The van der Waals surface area contributed by atoms with Crippen LogP contribution in [0, 0.1) is 0 Å². The van der Waals surface area contributed by atoms with Crippen molar-refractivity contribution < 1.29 is 14.4 Å². The molecular weight excluding hydrogens is 270 g/mol. The second-order valence-electron chi connectivity index (χ2n) is 4.66. The van der Waals surface area contributed by atoms with E-state index >= 15 is 0 Å². The summed E-state index contributed by atoms with van der Waals surface area (Å²) in [5, 5.41) is 4.02. The summed E-state index contributed by atoms with van der Waals surface area (Å²) in [6, 6.07) is 6.98. The first-order valence-corrected chi connectivity index (χ1v) is 6.30. The van der Waals surface area contributed by atoms with Crippen molar-refractivity contribution in [1.29, 1.82) is 0 Å². The zero-order valence-electron chi connectivity index (χ0n) is 11.7. The Kier molecular flexibility index (Phi) is 4.18. The minimum Gasteiger partial charge on any atom is -0.378 e. The van der Waals surface area contributed by atoms with Crippen molar-refractivity contribution in [1.82, 2.24) is 10.6 Å². The summed E-state index contributed by atoms with van der Waals surface area (Å²) in [5.41, 5.74) is 1.91. The van der Waals surface area contributed by atoms with E-state index in [4.69, 9.17) is 0 Å². The van der Waals surface area contributed by atoms with E-state index < -0.39 is 17.8 Å². The average Bonchev–Trinajstić information content (AvgIpc) is 2.42. The zero-order chi connectivity index (χ0) is 15.4. The van der Waals surface area contributed by atoms with Crippen LogP contribution in [0.2, 0.25) is 0 Å². The maximum atomic E-state index is 11.5. The third-order valence-electron chi connectivity index (χ3n) is 2.90. The van der Waals surface area contributed by atoms with Crippen LogP contribution in [0.25, 0.3) is 6.08 Å². The smallest absolute Gasteiger partial charge is 0.328 e. The Morgan fingerprint density at radius 2 is 1.52 bits per heavy atom. The van der Waals surface area contributed by atoms with E-state index in [-0.39, 0.29) is 5.57 Å². The number of barbiturate groups is 1. The predicted octanol–water partition coefficient (Wildman–Crippen LogP) is 1.06. The van der Waals surface area contributed by atoms with Crippen molar-refractivity contribution in [3.8, 4) is 0 Å². The molecular formula is C15H15N3O3. The highest BCUT2D eigenvalue weighted by Crippen LogP contribution is 2.13. The molecule has 1 aromatic rings. The van der Waals surface area contributed by atoms with Gasteiger partial charge in [-0.25, -0.2) is 4.79 Å². The molecule has 0 spiro atoms. The summed E-state index contributed by atoms with van der Waals surface area (Å²) in [5.74, 6) is -1.40. The summed E-state index contributed by atoms with van der Waals surface area (Å²) in [6.45, 7) is 0. The van der Waals surface area contributed by atoms with E-state index in [1.54, 1.807) is 12.2 Å². The molecule has 1 saturated heterocycles. The van der Waals surface area contributed by atoms with E-state index in [1.165, 1.54) is 6.08 Å². The second-order valence-corrected chi connectivity index (χ2v) is 4.66. The molecule has 0 saturated carbocycles. The number of benzene rings is 1. The lowest BCUT2D eigenvalue weighted by molar-refractivity contribution is -0.124. The number of rotatable bonds is 3. The molecule has 0 unspecified atom stereocenters. The van der Waals surface area contributed by atoms with E-state index in [2.05, 4.69) is 0 Å². The van der Waals surface area contributed by atoms with Crippen molar-refractivity contribution in [3.63, 3.8) is 0 Å². The first-order valence-electron chi connectivity index (χ1n) is 6.30. The highest BCUT2D eigenvalue weighted by molar-refractivity contribution is 6.29. The lowest BCUT2D eigenvalue weighted by Crippen LogP contribution is -2.51. The third-order valence-corrected chi connectivity index (χ3v) is 2.90. The summed E-state index contributed by atoms with van der Waals surface area (Å²) in [6.07, 6.45) is 4.73. The van der Waals surface area contributed by atoms with Crippen molar-refractivity contribution in [3.05, 3.63) is 47.6 Å². The first kappa shape index (κ1) is 14.5. The number of anilines is 1. The summed E-state index contributed by atoms with van der Waals surface area (Å²) in [4.78, 5) is 35.8. The average molecular weight is 285 g/mol. The number of nitrogens with zero attached hydrogens (tertiary/aromatic N) is 1. The molecule has 1 aliphatic heterocycles. The summed E-state index contributed by atoms with van der Waals surface area (Å²) >= 11 is 0. The second kappa shape index (κ2) is 6.04. The summed E-state index contributed by atoms with van der Waals surface area (Å²) in [7, 11) is 3.91. The van der Waals surface area contributed by atoms with Gasteiger partial charge in [0.15, 0.2) is 0 Å². The largest absolute Gasteiger partial charge is 0.378 e. The fraction of sp³-hybridized carbons (Fsp3) is 0.133. The number of hydrogen-bond acceptors (Lipinski definition) is 4. The topological polar surface area (TPSA) is 78.5 Å². The van der Waals surface area contributed by atoms with E-state index in [1.807, 2.05) is 53.9 Å². The van der Waals surface area contributed by atoms with Crippen LogP contribution >= 0.6 is 0 Å². The third kappa shape index (κ3) is 3.56. The zero-order valence-corrected chi connectivity index (χ0v) is 11.7. The van der Waals surface area contributed by atoms with Gasteiger partial charge in [-0.1, -0.05) is 24.3 Å². The van der Waals surface area contributed by atoms with Gasteiger partial charge in [0.2, 0.25) is 0 Å². The lowest BCUT2D eigenvalue weighted by atomic mass is 10.1. The number of carbonyl (C=O) groups excluding carboxylic acids is 3. The molecule has 1 aliphatic rings. The van der Waals surface area contributed by atoms with Gasteiger partial charge in [-0.2, -0.15) is 0 Å². The van der Waals surface area contributed by atoms with Crippen LogP contribution in [-0.2, 0) is 9.59 Å². The molecule has 0 aromatic heterocycles. The van der Waals surface area contributed by atoms with E-state index in [0.717, 1.165) is 11.3 Å². The van der Waals surface area contributed by atoms with Gasteiger partial charge in [0, 0.05) is 19.8 Å². The van der Waals surface area contributed by atoms with Gasteiger partial charge in [-0.15, -0.1) is 0 Å². The molecule has 6 nitrogen and oxygen atoms in total. The van der Waals surface area contributed by atoms with Crippen LogP contribution in [0.1, 0.15) is 5.56 Å². The van der Waals surface area contributed by atoms with Crippen LogP contribution < -0.4 is 15.5 Å². The highest BCUT2D eigenvalue weighted by atomic mass is 16.2. The molecule has 108 valence electrons. The molecule has 2 rings (SSSR count). The molecule has 1 aromatic carbocycles. The van der Waals surface area contributed by atoms with Gasteiger partial charge in [-0.3, -0.25) is 20.2 Å². The molecule has 6 heteroatoms. The highest BCUT2D eigenvalue weighted by Gasteiger charge is 2.26. The Hall–Kier alpha value is -2.89. The van der Waals surface area contributed by atoms with Crippen LogP contribution in [0.3, 0.4) is 0 Å². The van der Waals surface area contributed by atoms with E-state index in [0.29, 0.717) is 0 Å². The number of allylic oxidation sites excluding steroid dienone is 2. The fourth-order valence-corrected chi connectivity index (χ4v) is 1.77. The standard InChI is InChI=1S/C15H15N3O3/c1-18(2)11-8-6-10(7-9-11)4-3-5-12-13(19)16-15(21)17-14(12)20/h3-9H,1-2H3,(H2,16,17,19,20,21). The van der Waals surface area contributed by atoms with Crippen molar-refractivity contribution >= 4 is 29.6 Å². The fourth-order valence-electron chi connectivity index (χ4n) is 1.77. The molecule has 0 radical (unpaired) electrons. The SMILES string of the molecule is CN(C)c1ccc(C=CC=C2C(=O)NC(=O)NC2=O)cc1. The number of amides is 4. The first-order chi connectivity index (χ1) is 9.97. The quantitative estimate of drug-likeness (QED) is 0.643. The Morgan fingerprint density at radius 1 is 0.952 bits per heavy atom. The molecule has 0 bridgehead atoms. The molecule has 0 aliphatic carbocycles. The van der Waals surface area contributed by atoms with Gasteiger partial charge in [0.1, 0.15) is 5.57 Å². The number of carbonyl (C=O) groups is 3. The maximum Gasteiger partial charge on any atom is 0.328 e. The Bertz CT molecular complexity index is 621. The normalized spacial score (nSPS) is 15.0. The van der Waals surface area contributed by atoms with Crippen molar-refractivity contribution in [2.75, 3.05) is 19.0 Å². The van der Waals surface area contributed by atoms with Gasteiger partial charge in [-0.05, 0) is 23.8 Å². The maximum absolute atomic E-state index is 11.5. The van der Waals surface area contributed by atoms with Crippen molar-refractivity contribution in [2.24, 2.45) is 0 Å². The molecule has 1 heterocycles. The van der Waals surface area contributed by atoms with Crippen LogP contribution in [0.15, 0.2) is 42.0 Å². The number of nitrogens with one attached hydrogen (secondary N) is 2. The number of hydrogen-bond donors (Lipinski definition) is 2. The Labute approximate surface area is 122 Å². The summed E-state index contributed by atoms with van der Waals surface area (Å²) < 4.78 is 0. The molecule has 2 N–H and O–H groups in total. The predicted molar refractivity (Wildman–Crippen MR) is 79.6 cm³/mol. The lowest BCUT2D eigenvalue weighted by Gasteiger charge is -2.13. The van der Waals surface area contributed by atoms with Crippen LogP contribution in [0.5, 0.6) is 0 Å². The van der Waals surface area contributed by atoms with Gasteiger partial charge in [0.25, 0.3) is 11.8 Å². The van der Waals surface area contributed by atoms with Crippen LogP contribution in [0.4, 0.5) is 10.5 Å². The minimum atomic E-state index is -0.801. The Balaban J connectivity index is 2.10. The molecule has 21 heavy (non-hydrogen) atoms. The van der Waals surface area contributed by atoms with Gasteiger partial charge >= 0.3 is 6.03 Å². The van der Waals surface area contributed by atoms with Crippen molar-refractivity contribution in [2.45, 2.75) is 0 Å². The van der Waals surface area contributed by atoms with Gasteiger partial charge < -0.3 is 4.90 Å². The number of urea groups is 1. The van der Waals surface area contributed by atoms with Gasteiger partial charge in [0.05, 0.1) is 0 Å². The Morgan fingerprint density at radius 3 is 2.05 bits per heavy atom. The number of imide groups is 2. The van der Waals surface area contributed by atoms with Crippen LogP contribution in [-0.4, -0.2) is 31.9 Å². The minimum absolute atomic E-state index is 0.101. The molecule has 4 amide bonds. The molecule has 0 atom stereocenters.